The fourth-order valence-electron chi connectivity index (χ4n) is 3.73. The molecular weight excluding hydrogens is 420 g/mol. The van der Waals surface area contributed by atoms with Gasteiger partial charge in [0, 0.05) is 11.8 Å². The third-order valence-corrected chi connectivity index (χ3v) is 5.31. The second-order valence-electron chi connectivity index (χ2n) is 8.34. The summed E-state index contributed by atoms with van der Waals surface area (Å²) in [6.07, 6.45) is 5.21. The number of rotatable bonds is 12. The first-order valence-electron chi connectivity index (χ1n) is 11.1. The summed E-state index contributed by atoms with van der Waals surface area (Å²) in [6.45, 7) is 0.286. The Bertz CT molecular complexity index is 1090. The van der Waals surface area contributed by atoms with E-state index in [1.165, 1.54) is 0 Å². The van der Waals surface area contributed by atoms with Gasteiger partial charge >= 0.3 is 0 Å². The average Bonchev–Trinajstić information content (AvgIpc) is 3.26. The predicted octanol–water partition coefficient (Wildman–Crippen LogP) is 2.79. The van der Waals surface area contributed by atoms with Gasteiger partial charge in [0.2, 0.25) is 17.7 Å². The minimum absolute atomic E-state index is 0.0787. The number of unbranched alkanes of at least 4 members (excludes halogenated alkanes) is 2. The minimum Gasteiger partial charge on any atom is -0.480 e. The summed E-state index contributed by atoms with van der Waals surface area (Å²) in [4.78, 5) is 37.8. The molecule has 0 fully saturated rings. The van der Waals surface area contributed by atoms with E-state index in [9.17, 15) is 9.59 Å². The number of ether oxygens (including phenoxy) is 1. The molecule has 3 aromatic rings. The molecule has 0 unspecified atom stereocenters. The zero-order chi connectivity index (χ0) is 23.8. The highest BCUT2D eigenvalue weighted by atomic mass is 16.5. The lowest BCUT2D eigenvalue weighted by Crippen LogP contribution is -2.36. The number of carbonyl (C=O) groups is 2. The van der Waals surface area contributed by atoms with E-state index in [1.54, 1.807) is 13.3 Å². The van der Waals surface area contributed by atoms with E-state index < -0.39 is 0 Å². The Morgan fingerprint density at radius 2 is 2.00 bits per heavy atom. The largest absolute Gasteiger partial charge is 0.480 e. The van der Waals surface area contributed by atoms with Crippen molar-refractivity contribution < 1.29 is 14.3 Å². The summed E-state index contributed by atoms with van der Waals surface area (Å²) in [7, 11) is 5.29. The van der Waals surface area contributed by atoms with Gasteiger partial charge in [0.1, 0.15) is 5.82 Å². The first-order valence-corrected chi connectivity index (χ1v) is 11.1. The van der Waals surface area contributed by atoms with Gasteiger partial charge in [0.05, 0.1) is 42.7 Å². The molecule has 0 aliphatic rings. The first kappa shape index (κ1) is 24.2. The number of fused-ring (bicyclic) bond motifs is 1. The summed E-state index contributed by atoms with van der Waals surface area (Å²) in [5.41, 5.74) is 7.64. The number of hydrogen-bond donors (Lipinski definition) is 3. The number of nitrogens with zero attached hydrogens (tertiary/aromatic N) is 3. The van der Waals surface area contributed by atoms with Crippen LogP contribution in [0.4, 0.5) is 0 Å². The molecule has 4 N–H and O–H groups in total. The van der Waals surface area contributed by atoms with Crippen molar-refractivity contribution in [1.82, 2.24) is 25.2 Å². The molecule has 33 heavy (non-hydrogen) atoms. The number of amides is 2. The maximum Gasteiger partial charge on any atom is 0.234 e. The number of likely N-dealkylation sites (N-methyl/N-ethyl adjacent to an activating group) is 1. The van der Waals surface area contributed by atoms with Crippen LogP contribution in [-0.2, 0) is 9.59 Å². The summed E-state index contributed by atoms with van der Waals surface area (Å²) in [5, 5.41) is 4.07. The fourth-order valence-corrected chi connectivity index (χ4v) is 3.73. The minimum atomic E-state index is -0.292. The van der Waals surface area contributed by atoms with Crippen molar-refractivity contribution in [2.45, 2.75) is 38.1 Å². The maximum atomic E-state index is 12.5. The van der Waals surface area contributed by atoms with E-state index in [4.69, 9.17) is 10.5 Å². The Labute approximate surface area is 193 Å². The third-order valence-electron chi connectivity index (χ3n) is 5.31. The van der Waals surface area contributed by atoms with Crippen LogP contribution < -0.4 is 15.8 Å². The molecule has 0 aliphatic carbocycles. The van der Waals surface area contributed by atoms with Gasteiger partial charge in [-0.1, -0.05) is 31.0 Å². The number of aromatic amines is 1. The van der Waals surface area contributed by atoms with Crippen LogP contribution in [0.2, 0.25) is 0 Å². The summed E-state index contributed by atoms with van der Waals surface area (Å²) >= 11 is 0. The number of methoxy groups -OCH3 is 1. The number of primary amides is 1. The van der Waals surface area contributed by atoms with Crippen LogP contribution in [0.1, 0.15) is 44.0 Å². The van der Waals surface area contributed by atoms with Crippen LogP contribution in [0.5, 0.6) is 5.88 Å². The van der Waals surface area contributed by atoms with Crippen LogP contribution in [-0.4, -0.2) is 59.4 Å². The highest BCUT2D eigenvalue weighted by Crippen LogP contribution is 2.31. The van der Waals surface area contributed by atoms with Crippen molar-refractivity contribution in [2.75, 3.05) is 27.7 Å². The molecule has 0 saturated heterocycles. The highest BCUT2D eigenvalue weighted by Gasteiger charge is 2.20. The SMILES string of the molecule is COc1nc2ccccc2cc1-c1cnc([C@H](CCCCCC(N)=O)NC(=O)CN(C)C)[nH]1. The van der Waals surface area contributed by atoms with Crippen LogP contribution >= 0.6 is 0 Å². The average molecular weight is 453 g/mol. The van der Waals surface area contributed by atoms with Gasteiger partial charge in [-0.15, -0.1) is 0 Å². The van der Waals surface area contributed by atoms with Gasteiger partial charge in [0.25, 0.3) is 0 Å². The van der Waals surface area contributed by atoms with Crippen LogP contribution in [0, 0.1) is 0 Å². The topological polar surface area (TPSA) is 126 Å². The van der Waals surface area contributed by atoms with Gasteiger partial charge in [0.15, 0.2) is 0 Å². The Morgan fingerprint density at radius 1 is 1.21 bits per heavy atom. The van der Waals surface area contributed by atoms with E-state index in [-0.39, 0.29) is 24.4 Å². The Kier molecular flexibility index (Phi) is 8.37. The number of para-hydroxylation sites is 1. The van der Waals surface area contributed by atoms with Crippen molar-refractivity contribution in [3.8, 4) is 17.1 Å². The van der Waals surface area contributed by atoms with Gasteiger partial charge in [-0.25, -0.2) is 9.97 Å². The monoisotopic (exact) mass is 452 g/mol. The molecule has 0 radical (unpaired) electrons. The number of pyridine rings is 1. The number of H-pyrrole nitrogens is 1. The number of aromatic nitrogens is 3. The summed E-state index contributed by atoms with van der Waals surface area (Å²) in [6, 6.07) is 9.58. The van der Waals surface area contributed by atoms with Crippen LogP contribution in [0.3, 0.4) is 0 Å². The number of nitrogens with one attached hydrogen (secondary N) is 2. The number of hydrogen-bond acceptors (Lipinski definition) is 6. The fraction of sp³-hybridized carbons (Fsp3) is 0.417. The zero-order valence-electron chi connectivity index (χ0n) is 19.4. The van der Waals surface area contributed by atoms with Crippen molar-refractivity contribution in [1.29, 1.82) is 0 Å². The van der Waals surface area contributed by atoms with Crippen molar-refractivity contribution in [2.24, 2.45) is 5.73 Å². The Balaban J connectivity index is 1.81. The standard InChI is InChI=1S/C24H32N6O3/c1-30(2)15-22(32)27-19(11-5-4-6-12-21(25)31)23-26-14-20(28-23)17-13-16-9-7-8-10-18(16)29-24(17)33-3/h7-10,13-14,19H,4-6,11-12,15H2,1-3H3,(H2,25,31)(H,26,28)(H,27,32)/t19-/m0/s1. The number of carbonyl (C=O) groups excluding carboxylic acids is 2. The van der Waals surface area contributed by atoms with Gasteiger partial charge in [-0.3, -0.25) is 9.59 Å². The maximum absolute atomic E-state index is 12.5. The second kappa shape index (κ2) is 11.4. The predicted molar refractivity (Wildman–Crippen MR) is 128 cm³/mol. The van der Waals surface area contributed by atoms with E-state index in [0.29, 0.717) is 24.5 Å². The summed E-state index contributed by atoms with van der Waals surface area (Å²) < 4.78 is 5.53. The molecule has 0 spiro atoms. The highest BCUT2D eigenvalue weighted by molar-refractivity contribution is 5.85. The van der Waals surface area contributed by atoms with Crippen molar-refractivity contribution in [3.63, 3.8) is 0 Å². The molecule has 2 aromatic heterocycles. The molecule has 2 heterocycles. The van der Waals surface area contributed by atoms with Crippen LogP contribution in [0.25, 0.3) is 22.2 Å². The molecule has 9 nitrogen and oxygen atoms in total. The van der Waals surface area contributed by atoms with E-state index >= 15 is 0 Å². The lowest BCUT2D eigenvalue weighted by Gasteiger charge is -2.18. The van der Waals surface area contributed by atoms with Crippen molar-refractivity contribution in [3.05, 3.63) is 42.4 Å². The van der Waals surface area contributed by atoms with E-state index in [2.05, 4.69) is 20.3 Å². The van der Waals surface area contributed by atoms with Crippen LogP contribution in [0.15, 0.2) is 36.5 Å². The molecule has 1 aromatic carbocycles. The lowest BCUT2D eigenvalue weighted by atomic mass is 10.1. The lowest BCUT2D eigenvalue weighted by molar-refractivity contribution is -0.122. The normalized spacial score (nSPS) is 12.1. The van der Waals surface area contributed by atoms with Gasteiger partial charge in [-0.2, -0.15) is 0 Å². The van der Waals surface area contributed by atoms with Gasteiger partial charge in [-0.05, 0) is 39.1 Å². The third kappa shape index (κ3) is 6.76. The molecule has 0 aliphatic heterocycles. The number of nitrogens with two attached hydrogens (primary N) is 1. The Hall–Kier alpha value is -3.46. The first-order chi connectivity index (χ1) is 15.9. The molecule has 0 bridgehead atoms. The molecule has 0 saturated carbocycles. The van der Waals surface area contributed by atoms with E-state index in [0.717, 1.165) is 41.4 Å². The van der Waals surface area contributed by atoms with E-state index in [1.807, 2.05) is 49.3 Å². The zero-order valence-corrected chi connectivity index (χ0v) is 19.4. The molecule has 176 valence electrons. The van der Waals surface area contributed by atoms with Crippen molar-refractivity contribution >= 4 is 22.7 Å². The second-order valence-corrected chi connectivity index (χ2v) is 8.34. The molecule has 2 amide bonds. The Morgan fingerprint density at radius 3 is 2.73 bits per heavy atom. The van der Waals surface area contributed by atoms with Gasteiger partial charge < -0.3 is 25.7 Å². The molecule has 9 heteroatoms. The molecule has 3 rings (SSSR count). The molecular formula is C24H32N6O3. The quantitative estimate of drug-likeness (QED) is 0.363. The summed E-state index contributed by atoms with van der Waals surface area (Å²) in [5.74, 6) is 0.801. The smallest absolute Gasteiger partial charge is 0.234 e. The molecule has 1 atom stereocenters. The number of imidazole rings is 1. The number of benzene rings is 1.